The second-order valence-electron chi connectivity index (χ2n) is 4.51. The molecule has 21 heavy (non-hydrogen) atoms. The molecular formula is C16H15ClN2O2. The number of amides is 1. The second kappa shape index (κ2) is 6.98. The third-order valence-corrected chi connectivity index (χ3v) is 2.99. The zero-order valence-corrected chi connectivity index (χ0v) is 12.3. The van der Waals surface area contributed by atoms with E-state index in [1.807, 2.05) is 19.1 Å². The summed E-state index contributed by atoms with van der Waals surface area (Å²) in [7, 11) is 0. The average Bonchev–Trinajstić information content (AvgIpc) is 2.88. The maximum atomic E-state index is 12.1. The molecule has 0 radical (unpaired) electrons. The molecule has 0 unspecified atom stereocenters. The van der Waals surface area contributed by atoms with Crippen LogP contribution in [0.25, 0.3) is 0 Å². The first-order valence-electron chi connectivity index (χ1n) is 6.46. The van der Waals surface area contributed by atoms with Crippen molar-refractivity contribution in [2.75, 3.05) is 11.9 Å². The van der Waals surface area contributed by atoms with Crippen LogP contribution in [0.4, 0.5) is 5.69 Å². The van der Waals surface area contributed by atoms with E-state index in [0.717, 1.165) is 11.1 Å². The molecule has 1 heterocycles. The Balaban J connectivity index is 2.23. The van der Waals surface area contributed by atoms with Gasteiger partial charge in [-0.1, -0.05) is 29.5 Å². The van der Waals surface area contributed by atoms with Crippen LogP contribution in [0.1, 0.15) is 28.0 Å². The van der Waals surface area contributed by atoms with Crippen LogP contribution < -0.4 is 5.32 Å². The molecule has 0 atom stereocenters. The van der Waals surface area contributed by atoms with E-state index in [0.29, 0.717) is 22.8 Å². The van der Waals surface area contributed by atoms with E-state index in [-0.39, 0.29) is 12.5 Å². The lowest BCUT2D eigenvalue weighted by molar-refractivity contribution is 0.102. The molecule has 2 rings (SSSR count). The van der Waals surface area contributed by atoms with Crippen molar-refractivity contribution in [3.63, 3.8) is 0 Å². The van der Waals surface area contributed by atoms with Crippen LogP contribution in [0, 0.1) is 18.8 Å². The quantitative estimate of drug-likeness (QED) is 0.763. The minimum absolute atomic E-state index is 0.0154. The van der Waals surface area contributed by atoms with Crippen molar-refractivity contribution in [1.82, 2.24) is 4.98 Å². The largest absolute Gasteiger partial charge is 0.395 e. The van der Waals surface area contributed by atoms with Crippen LogP contribution in [0.3, 0.4) is 0 Å². The number of benzene rings is 1. The summed E-state index contributed by atoms with van der Waals surface area (Å²) in [4.78, 5) is 14.9. The summed E-state index contributed by atoms with van der Waals surface area (Å²) >= 11 is 5.79. The molecule has 108 valence electrons. The lowest BCUT2D eigenvalue weighted by Crippen LogP contribution is -2.13. The summed E-state index contributed by atoms with van der Waals surface area (Å²) in [5.41, 5.74) is 2.77. The molecular weight excluding hydrogens is 288 g/mol. The number of carbonyl (C=O) groups excluding carboxylic acids is 1. The Morgan fingerprint density at radius 3 is 2.90 bits per heavy atom. The SMILES string of the molecule is Cc1ccc(NC(=O)c2cc(Cl)c[nH]2)c(C#CCCO)c1. The van der Waals surface area contributed by atoms with Gasteiger partial charge in [-0.2, -0.15) is 0 Å². The standard InChI is InChI=1S/C16H15ClN2O2/c1-11-5-6-14(12(8-11)4-2-3-7-20)19-16(21)15-9-13(17)10-18-15/h5-6,8-10,18,20H,3,7H2,1H3,(H,19,21). The lowest BCUT2D eigenvalue weighted by atomic mass is 10.1. The normalized spacial score (nSPS) is 9.86. The van der Waals surface area contributed by atoms with Crippen molar-refractivity contribution in [1.29, 1.82) is 0 Å². The number of aliphatic hydroxyl groups excluding tert-OH is 1. The van der Waals surface area contributed by atoms with Gasteiger partial charge in [-0.3, -0.25) is 4.79 Å². The Kier molecular flexibility index (Phi) is 5.04. The highest BCUT2D eigenvalue weighted by Crippen LogP contribution is 2.18. The van der Waals surface area contributed by atoms with Gasteiger partial charge >= 0.3 is 0 Å². The van der Waals surface area contributed by atoms with Crippen LogP contribution in [0.2, 0.25) is 5.02 Å². The molecule has 1 amide bonds. The Hall–Kier alpha value is -2.22. The van der Waals surface area contributed by atoms with E-state index >= 15 is 0 Å². The summed E-state index contributed by atoms with van der Waals surface area (Å²) in [5, 5.41) is 12.1. The predicted octanol–water partition coefficient (Wildman–Crippen LogP) is 2.96. The van der Waals surface area contributed by atoms with Gasteiger partial charge < -0.3 is 15.4 Å². The maximum absolute atomic E-state index is 12.1. The van der Waals surface area contributed by atoms with E-state index in [2.05, 4.69) is 22.1 Å². The predicted molar refractivity (Wildman–Crippen MR) is 83.5 cm³/mol. The van der Waals surface area contributed by atoms with Gasteiger partial charge in [0.05, 0.1) is 17.3 Å². The zero-order chi connectivity index (χ0) is 15.2. The van der Waals surface area contributed by atoms with Crippen LogP contribution >= 0.6 is 11.6 Å². The molecule has 0 aliphatic heterocycles. The Morgan fingerprint density at radius 2 is 2.24 bits per heavy atom. The van der Waals surface area contributed by atoms with Gasteiger partial charge in [-0.05, 0) is 30.7 Å². The van der Waals surface area contributed by atoms with Crippen molar-refractivity contribution in [2.45, 2.75) is 13.3 Å². The number of carbonyl (C=O) groups is 1. The smallest absolute Gasteiger partial charge is 0.272 e. The lowest BCUT2D eigenvalue weighted by Gasteiger charge is -2.07. The highest BCUT2D eigenvalue weighted by molar-refractivity contribution is 6.31. The van der Waals surface area contributed by atoms with Gasteiger partial charge in [0.1, 0.15) is 5.69 Å². The summed E-state index contributed by atoms with van der Waals surface area (Å²) in [6.07, 6.45) is 1.95. The van der Waals surface area contributed by atoms with Crippen molar-refractivity contribution < 1.29 is 9.90 Å². The van der Waals surface area contributed by atoms with E-state index in [9.17, 15) is 4.79 Å². The zero-order valence-electron chi connectivity index (χ0n) is 11.5. The minimum atomic E-state index is -0.282. The molecule has 1 aromatic heterocycles. The van der Waals surface area contributed by atoms with Crippen molar-refractivity contribution in [2.24, 2.45) is 0 Å². The van der Waals surface area contributed by atoms with Gasteiger partial charge in [0.15, 0.2) is 0 Å². The molecule has 0 saturated heterocycles. The molecule has 0 aliphatic carbocycles. The van der Waals surface area contributed by atoms with Gasteiger partial charge in [0.25, 0.3) is 5.91 Å². The fourth-order valence-electron chi connectivity index (χ4n) is 1.77. The molecule has 1 aromatic carbocycles. The van der Waals surface area contributed by atoms with Gasteiger partial charge in [0, 0.05) is 18.2 Å². The highest BCUT2D eigenvalue weighted by atomic mass is 35.5. The number of H-pyrrole nitrogens is 1. The van der Waals surface area contributed by atoms with Gasteiger partial charge in [-0.15, -0.1) is 0 Å². The minimum Gasteiger partial charge on any atom is -0.395 e. The van der Waals surface area contributed by atoms with Gasteiger partial charge in [-0.25, -0.2) is 0 Å². The van der Waals surface area contributed by atoms with Crippen LogP contribution in [-0.2, 0) is 0 Å². The molecule has 5 heteroatoms. The van der Waals surface area contributed by atoms with E-state index in [4.69, 9.17) is 16.7 Å². The summed E-state index contributed by atoms with van der Waals surface area (Å²) in [5.74, 6) is 5.53. The molecule has 2 aromatic rings. The number of halogens is 1. The van der Waals surface area contributed by atoms with E-state index in [1.165, 1.54) is 0 Å². The summed E-state index contributed by atoms with van der Waals surface area (Å²) in [6, 6.07) is 7.15. The molecule has 4 nitrogen and oxygen atoms in total. The second-order valence-corrected chi connectivity index (χ2v) is 4.95. The van der Waals surface area contributed by atoms with Crippen molar-refractivity contribution in [3.8, 4) is 11.8 Å². The third kappa shape index (κ3) is 4.12. The first-order chi connectivity index (χ1) is 10.1. The van der Waals surface area contributed by atoms with Crippen molar-refractivity contribution in [3.05, 3.63) is 52.3 Å². The van der Waals surface area contributed by atoms with Gasteiger partial charge in [0.2, 0.25) is 0 Å². The van der Waals surface area contributed by atoms with E-state index < -0.39 is 0 Å². The monoisotopic (exact) mass is 302 g/mol. The van der Waals surface area contributed by atoms with Crippen molar-refractivity contribution >= 4 is 23.2 Å². The number of aromatic amines is 1. The number of rotatable bonds is 3. The molecule has 0 saturated carbocycles. The number of hydrogen-bond acceptors (Lipinski definition) is 2. The van der Waals surface area contributed by atoms with Crippen LogP contribution in [-0.4, -0.2) is 22.6 Å². The summed E-state index contributed by atoms with van der Waals surface area (Å²) in [6.45, 7) is 1.97. The molecule has 0 fully saturated rings. The Labute approximate surface area is 128 Å². The summed E-state index contributed by atoms with van der Waals surface area (Å²) < 4.78 is 0. The fourth-order valence-corrected chi connectivity index (χ4v) is 1.94. The molecule has 0 bridgehead atoms. The first kappa shape index (κ1) is 15.2. The maximum Gasteiger partial charge on any atom is 0.272 e. The fraction of sp³-hybridized carbons (Fsp3) is 0.188. The number of aliphatic hydroxyl groups is 1. The topological polar surface area (TPSA) is 65.1 Å². The molecule has 3 N–H and O–H groups in total. The Bertz CT molecular complexity index is 711. The third-order valence-electron chi connectivity index (χ3n) is 2.78. The number of nitrogens with one attached hydrogen (secondary N) is 2. The number of hydrogen-bond donors (Lipinski definition) is 3. The number of aryl methyl sites for hydroxylation is 1. The van der Waals surface area contributed by atoms with Crippen LogP contribution in [0.5, 0.6) is 0 Å². The number of anilines is 1. The highest BCUT2D eigenvalue weighted by Gasteiger charge is 2.10. The molecule has 0 spiro atoms. The first-order valence-corrected chi connectivity index (χ1v) is 6.83. The van der Waals surface area contributed by atoms with Crippen LogP contribution in [0.15, 0.2) is 30.5 Å². The van der Waals surface area contributed by atoms with E-state index in [1.54, 1.807) is 18.3 Å². The number of aromatic nitrogens is 1. The Morgan fingerprint density at radius 1 is 1.43 bits per heavy atom. The average molecular weight is 303 g/mol. The molecule has 0 aliphatic rings.